The first-order chi connectivity index (χ1) is 62.6. The highest BCUT2D eigenvalue weighted by molar-refractivity contribution is 6.05. The fourth-order valence-electron chi connectivity index (χ4n) is 15.5. The Kier molecular flexibility index (Phi) is 33.5. The molecule has 0 N–H and O–H groups in total. The monoisotopic (exact) mass is 1780 g/mol. The van der Waals surface area contributed by atoms with E-state index in [9.17, 15) is 43.2 Å². The minimum atomic E-state index is -0.923. The average Bonchev–Trinajstić information content (AvgIpc) is 0.770. The molecular formula is C111H114O21. The number of hydrogen-bond acceptors (Lipinski definition) is 21. The quantitative estimate of drug-likeness (QED) is 0.0235. The molecule has 0 aliphatic carbocycles. The van der Waals surface area contributed by atoms with Crippen molar-refractivity contribution in [2.45, 2.75) is 205 Å². The van der Waals surface area contributed by atoms with E-state index in [1.807, 2.05) is 307 Å². The van der Waals surface area contributed by atoms with Gasteiger partial charge in [0.15, 0.2) is 0 Å². The van der Waals surface area contributed by atoms with Gasteiger partial charge in [-0.25, -0.2) is 14.4 Å². The van der Waals surface area contributed by atoms with Crippen LogP contribution in [0, 0.1) is 41.5 Å². The van der Waals surface area contributed by atoms with E-state index in [0.29, 0.717) is 222 Å². The minimum absolute atomic E-state index is 0.321. The number of ether oxygens (including phenoxy) is 12. The van der Waals surface area contributed by atoms with Crippen molar-refractivity contribution in [3.63, 3.8) is 0 Å². The Hall–Kier alpha value is -14.7. The molecule has 0 spiro atoms. The second-order valence-corrected chi connectivity index (χ2v) is 33.7. The zero-order chi connectivity index (χ0) is 96.4. The maximum atomic E-state index is 13.8. The molecule has 0 fully saturated rings. The Labute approximate surface area is 770 Å². The predicted molar refractivity (Wildman–Crippen MR) is 519 cm³/mol. The molecule has 21 heteroatoms. The number of carbonyl (C=O) groups is 9. The molecule has 0 radical (unpaired) electrons. The smallest absolute Gasteiger partial charge is 0.426 e. The minimum Gasteiger partial charge on any atom is -0.426 e. The van der Waals surface area contributed by atoms with E-state index in [1.54, 1.807) is 0 Å². The molecule has 0 saturated carbocycles. The molecule has 0 aliphatic heterocycles. The van der Waals surface area contributed by atoms with Crippen LogP contribution in [0.1, 0.15) is 191 Å². The van der Waals surface area contributed by atoms with E-state index in [2.05, 4.69) is 0 Å². The zero-order valence-corrected chi connectivity index (χ0v) is 79.6. The summed E-state index contributed by atoms with van der Waals surface area (Å²) in [6, 6.07) is 43.9. The molecule has 21 nitrogen and oxygen atoms in total. The molecule has 0 unspecified atom stereocenters. The first-order valence-corrected chi connectivity index (χ1v) is 43.5. The first-order valence-electron chi connectivity index (χ1n) is 43.5. The van der Waals surface area contributed by atoms with Crippen LogP contribution in [0.5, 0.6) is 69.0 Å². The van der Waals surface area contributed by atoms with E-state index in [1.165, 1.54) is 41.5 Å². The Balaban J connectivity index is 0.000000205. The summed E-state index contributed by atoms with van der Waals surface area (Å²) in [5.74, 6) is 1.92. The number of benzene rings is 12. The third-order valence-corrected chi connectivity index (χ3v) is 21.8. The first kappa shape index (κ1) is 99.4. The fourth-order valence-corrected chi connectivity index (χ4v) is 15.5. The molecule has 0 saturated heterocycles. The van der Waals surface area contributed by atoms with Gasteiger partial charge in [-0.15, -0.1) is 0 Å². The number of rotatable bonds is 24. The van der Waals surface area contributed by atoms with Gasteiger partial charge in [0.2, 0.25) is 0 Å². The van der Waals surface area contributed by atoms with Crippen LogP contribution in [-0.2, 0) is 67.3 Å². The summed E-state index contributed by atoms with van der Waals surface area (Å²) in [5, 5.41) is 7.50. The molecule has 0 amide bonds. The molecule has 12 aromatic rings. The van der Waals surface area contributed by atoms with Gasteiger partial charge in [0.1, 0.15) is 69.0 Å². The number of fused-ring (bicyclic) bond motifs is 6. The van der Waals surface area contributed by atoms with Crippen LogP contribution in [-0.4, -0.2) is 54.3 Å². The lowest BCUT2D eigenvalue weighted by Crippen LogP contribution is -2.18. The molecule has 684 valence electrons. The van der Waals surface area contributed by atoms with Gasteiger partial charge < -0.3 is 56.8 Å². The standard InChI is InChI=1S/3C37H38O7/c1-21(2)17-19-27-24(6)34(30-14-10-11-15-31(30)35(27)42-26(8)39)43-37(40)44-36-28(20-18-22(3)4)23(5)33(41-25(7)38)29-13-9-12-16-32(29)36;1-21(2)17-19-27-23(5)33(29-13-9-11-15-31(29)35(27)41-25(7)38)43-37(40)44-34-24(6)28(20-18-22(3)4)36(42-26(8)39)32-16-12-10-14-30(32)34;1-21(2)17-19-27-23(5)33(41-25(7)38)29-13-9-11-15-31(29)35(27)43-37(40)44-36-28(20-18-22(3)4)24(6)34(42-26(8)39)30-14-10-12-16-32(30)36/h3*9-18H,19-20H2,1-8H3. The molecule has 0 heterocycles. The fraction of sp³-hybridized carbons (Fsp3) is 0.270. The number of carbonyl (C=O) groups excluding carboxylic acids is 9. The second-order valence-electron chi connectivity index (χ2n) is 33.7. The van der Waals surface area contributed by atoms with Crippen LogP contribution in [0.15, 0.2) is 215 Å². The average molecular weight is 1780 g/mol. The van der Waals surface area contributed by atoms with Crippen molar-refractivity contribution in [3.8, 4) is 69.0 Å². The van der Waals surface area contributed by atoms with Crippen molar-refractivity contribution in [2.75, 3.05) is 0 Å². The number of esters is 6. The molecule has 0 atom stereocenters. The van der Waals surface area contributed by atoms with E-state index >= 15 is 0 Å². The SMILES string of the molecule is CC(=O)Oc1c(C)c(CC=C(C)C)c(OC(=O)Oc2c(C)c(CC=C(C)C)c(OC(C)=O)c3ccccc23)c2ccccc12.CC(=O)Oc1c(C)c(CC=C(C)C)c(OC(=O)Oc2c(CC=C(C)C)c(C)c(OC(C)=O)c3ccccc23)c2ccccc12.CC(=O)Oc1c(CC=C(C)C)c(C)c(OC(=O)Oc2c(C)c(CC=C(C)C)c(OC(C)=O)c3ccccc23)c2ccccc12. The molecule has 12 rings (SSSR count). The zero-order valence-electron chi connectivity index (χ0n) is 79.6. The summed E-state index contributed by atoms with van der Waals surface area (Å²) in [6.45, 7) is 43.1. The van der Waals surface area contributed by atoms with Crippen LogP contribution in [0.3, 0.4) is 0 Å². The Bertz CT molecular complexity index is 6520. The molecular weight excluding hydrogens is 1670 g/mol. The lowest BCUT2D eigenvalue weighted by atomic mass is 9.95. The lowest BCUT2D eigenvalue weighted by Gasteiger charge is -2.21. The van der Waals surface area contributed by atoms with E-state index in [0.717, 1.165) is 50.1 Å². The maximum Gasteiger partial charge on any atom is 0.519 e. The number of allylic oxidation sites excluding steroid dienone is 12. The third kappa shape index (κ3) is 24.2. The summed E-state index contributed by atoms with van der Waals surface area (Å²) >= 11 is 0. The van der Waals surface area contributed by atoms with Gasteiger partial charge in [-0.1, -0.05) is 215 Å². The topological polar surface area (TPSA) is 264 Å². The maximum absolute atomic E-state index is 13.8. The normalized spacial score (nSPS) is 10.7. The van der Waals surface area contributed by atoms with Gasteiger partial charge in [0.25, 0.3) is 0 Å². The highest BCUT2D eigenvalue weighted by atomic mass is 16.7. The Morgan fingerprint density at radius 3 is 0.409 bits per heavy atom. The van der Waals surface area contributed by atoms with Crippen LogP contribution in [0.2, 0.25) is 0 Å². The van der Waals surface area contributed by atoms with E-state index in [4.69, 9.17) is 56.8 Å². The van der Waals surface area contributed by atoms with E-state index < -0.39 is 54.3 Å². The van der Waals surface area contributed by atoms with Crippen molar-refractivity contribution < 1.29 is 100.0 Å². The summed E-state index contributed by atoms with van der Waals surface area (Å²) in [7, 11) is 0. The van der Waals surface area contributed by atoms with Gasteiger partial charge in [-0.05, 0) is 197 Å². The molecule has 132 heavy (non-hydrogen) atoms. The van der Waals surface area contributed by atoms with E-state index in [-0.39, 0.29) is 0 Å². The summed E-state index contributed by atoms with van der Waals surface area (Å²) in [5.41, 5.74) is 14.9. The Morgan fingerprint density at radius 2 is 0.280 bits per heavy atom. The van der Waals surface area contributed by atoms with Gasteiger partial charge in [-0.2, -0.15) is 0 Å². The van der Waals surface area contributed by atoms with Gasteiger partial charge >= 0.3 is 54.3 Å². The third-order valence-electron chi connectivity index (χ3n) is 21.8. The van der Waals surface area contributed by atoms with Crippen LogP contribution >= 0.6 is 0 Å². The summed E-state index contributed by atoms with van der Waals surface area (Å²) < 4.78 is 70.2. The predicted octanol–water partition coefficient (Wildman–Crippen LogP) is 27.2. The van der Waals surface area contributed by atoms with Crippen molar-refractivity contribution in [3.05, 3.63) is 282 Å². The summed E-state index contributed by atoms with van der Waals surface area (Å²) in [6.07, 6.45) is 12.1. The second kappa shape index (κ2) is 44.5. The highest BCUT2D eigenvalue weighted by Gasteiger charge is 2.32. The van der Waals surface area contributed by atoms with Crippen molar-refractivity contribution in [1.82, 2.24) is 0 Å². The molecule has 0 bridgehead atoms. The summed E-state index contributed by atoms with van der Waals surface area (Å²) in [4.78, 5) is 113. The van der Waals surface area contributed by atoms with Crippen molar-refractivity contribution >= 4 is 119 Å². The van der Waals surface area contributed by atoms with Gasteiger partial charge in [-0.3, -0.25) is 28.8 Å². The molecule has 12 aromatic carbocycles. The lowest BCUT2D eigenvalue weighted by molar-refractivity contribution is -0.132. The van der Waals surface area contributed by atoms with Gasteiger partial charge in [0, 0.05) is 140 Å². The van der Waals surface area contributed by atoms with Crippen LogP contribution < -0.4 is 56.8 Å². The number of hydrogen-bond donors (Lipinski definition) is 0. The molecule has 0 aliphatic rings. The van der Waals surface area contributed by atoms with Crippen LogP contribution in [0.25, 0.3) is 64.6 Å². The Morgan fingerprint density at radius 1 is 0.174 bits per heavy atom. The largest absolute Gasteiger partial charge is 0.519 e. The molecule has 0 aromatic heterocycles. The van der Waals surface area contributed by atoms with Gasteiger partial charge in [0.05, 0.1) is 0 Å². The van der Waals surface area contributed by atoms with Crippen molar-refractivity contribution in [2.24, 2.45) is 0 Å². The van der Waals surface area contributed by atoms with Crippen LogP contribution in [0.4, 0.5) is 14.4 Å². The van der Waals surface area contributed by atoms with Crippen molar-refractivity contribution in [1.29, 1.82) is 0 Å². The highest BCUT2D eigenvalue weighted by Crippen LogP contribution is 2.49.